The van der Waals surface area contributed by atoms with Gasteiger partial charge >= 0.3 is 0 Å². The van der Waals surface area contributed by atoms with Crippen LogP contribution in [0.3, 0.4) is 0 Å². The lowest BCUT2D eigenvalue weighted by atomic mass is 9.98. The average Bonchev–Trinajstić information content (AvgIpc) is 2.99. The number of Topliss-reactive ketones (excluding diaryl/α,β-unsaturated/α-hetero) is 1. The molecule has 1 atom stereocenters. The highest BCUT2D eigenvalue weighted by atomic mass is 35.5. The number of ether oxygens (including phenoxy) is 2. The van der Waals surface area contributed by atoms with Crippen LogP contribution in [0, 0.1) is 0 Å². The van der Waals surface area contributed by atoms with E-state index in [4.69, 9.17) is 21.1 Å². The van der Waals surface area contributed by atoms with Crippen molar-refractivity contribution in [2.24, 2.45) is 0 Å². The maximum Gasteiger partial charge on any atom is 0.295 e. The van der Waals surface area contributed by atoms with Crippen LogP contribution in [0.5, 0.6) is 5.75 Å². The van der Waals surface area contributed by atoms with Crippen molar-refractivity contribution in [2.75, 3.05) is 27.4 Å². The van der Waals surface area contributed by atoms with E-state index in [0.717, 1.165) is 0 Å². The Morgan fingerprint density at radius 1 is 1.24 bits per heavy atom. The van der Waals surface area contributed by atoms with Crippen molar-refractivity contribution < 1.29 is 24.2 Å². The number of rotatable bonds is 7. The molecule has 1 fully saturated rings. The minimum Gasteiger partial charge on any atom is -0.507 e. The van der Waals surface area contributed by atoms with Crippen molar-refractivity contribution in [3.8, 4) is 5.75 Å². The molecule has 1 aromatic heterocycles. The van der Waals surface area contributed by atoms with Crippen molar-refractivity contribution >= 4 is 29.1 Å². The average molecular weight is 417 g/mol. The van der Waals surface area contributed by atoms with Crippen LogP contribution < -0.4 is 4.74 Å². The first-order valence-electron chi connectivity index (χ1n) is 9.01. The maximum atomic E-state index is 12.8. The van der Waals surface area contributed by atoms with Crippen molar-refractivity contribution in [3.05, 3.63) is 64.4 Å². The van der Waals surface area contributed by atoms with Crippen LogP contribution in [-0.2, 0) is 14.3 Å². The number of carbonyl (C=O) groups is 2. The zero-order valence-electron chi connectivity index (χ0n) is 16.1. The molecule has 0 saturated carbocycles. The number of hydrogen-bond acceptors (Lipinski definition) is 6. The molecule has 1 aliphatic rings. The molecule has 2 heterocycles. The van der Waals surface area contributed by atoms with E-state index in [9.17, 15) is 14.7 Å². The number of methoxy groups -OCH3 is 2. The Bertz CT molecular complexity index is 945. The van der Waals surface area contributed by atoms with Gasteiger partial charge in [-0.05, 0) is 36.8 Å². The van der Waals surface area contributed by atoms with E-state index >= 15 is 0 Å². The molecule has 0 spiro atoms. The van der Waals surface area contributed by atoms with Gasteiger partial charge in [0.1, 0.15) is 17.6 Å². The second-order valence-electron chi connectivity index (χ2n) is 6.44. The van der Waals surface area contributed by atoms with Crippen LogP contribution in [-0.4, -0.2) is 54.1 Å². The molecule has 2 aromatic rings. The van der Waals surface area contributed by atoms with E-state index in [1.807, 2.05) is 0 Å². The lowest BCUT2D eigenvalue weighted by Crippen LogP contribution is -2.31. The summed E-state index contributed by atoms with van der Waals surface area (Å²) in [6.45, 7) is 0.728. The summed E-state index contributed by atoms with van der Waals surface area (Å²) in [7, 11) is 3.05. The highest BCUT2D eigenvalue weighted by molar-refractivity contribution is 6.46. The highest BCUT2D eigenvalue weighted by Gasteiger charge is 2.46. The minimum atomic E-state index is -0.797. The van der Waals surface area contributed by atoms with Crippen molar-refractivity contribution in [1.82, 2.24) is 9.88 Å². The molecular formula is C21H21ClN2O5. The Kier molecular flexibility index (Phi) is 6.51. The highest BCUT2D eigenvalue weighted by Crippen LogP contribution is 2.39. The second-order valence-corrected chi connectivity index (χ2v) is 6.85. The summed E-state index contributed by atoms with van der Waals surface area (Å²) in [4.78, 5) is 31.3. The second kappa shape index (κ2) is 9.07. The molecule has 1 N–H and O–H groups in total. The van der Waals surface area contributed by atoms with E-state index in [1.165, 1.54) is 18.1 Å². The van der Waals surface area contributed by atoms with Crippen LogP contribution in [0.25, 0.3) is 5.76 Å². The predicted molar refractivity (Wildman–Crippen MR) is 108 cm³/mol. The Hall–Kier alpha value is -2.90. The van der Waals surface area contributed by atoms with E-state index < -0.39 is 17.7 Å². The zero-order valence-corrected chi connectivity index (χ0v) is 16.8. The summed E-state index contributed by atoms with van der Waals surface area (Å²) in [5.41, 5.74) is 0.782. The predicted octanol–water partition coefficient (Wildman–Crippen LogP) is 3.20. The molecule has 152 valence electrons. The monoisotopic (exact) mass is 416 g/mol. The molecule has 0 aliphatic carbocycles. The molecule has 1 aliphatic heterocycles. The molecule has 0 radical (unpaired) electrons. The fourth-order valence-corrected chi connectivity index (χ4v) is 3.56. The number of aliphatic hydroxyl groups excluding tert-OH is 1. The summed E-state index contributed by atoms with van der Waals surface area (Å²) in [5, 5.41) is 11.2. The van der Waals surface area contributed by atoms with Crippen LogP contribution in [0.15, 0.2) is 48.2 Å². The lowest BCUT2D eigenvalue weighted by Gasteiger charge is -2.24. The number of aromatic nitrogens is 1. The van der Waals surface area contributed by atoms with Crippen molar-refractivity contribution in [2.45, 2.75) is 12.5 Å². The number of likely N-dealkylation sites (tertiary alicyclic amines) is 1. The molecule has 1 unspecified atom stereocenters. The topological polar surface area (TPSA) is 89.0 Å². The summed E-state index contributed by atoms with van der Waals surface area (Å²) < 4.78 is 10.2. The van der Waals surface area contributed by atoms with Crippen LogP contribution in [0.4, 0.5) is 0 Å². The van der Waals surface area contributed by atoms with E-state index in [0.29, 0.717) is 36.6 Å². The Morgan fingerprint density at radius 3 is 2.66 bits per heavy atom. The molecule has 1 saturated heterocycles. The number of aliphatic hydroxyl groups is 1. The lowest BCUT2D eigenvalue weighted by molar-refractivity contribution is -0.140. The van der Waals surface area contributed by atoms with Gasteiger partial charge in [-0.15, -0.1) is 0 Å². The number of pyridine rings is 1. The molecule has 1 aromatic carbocycles. The number of benzene rings is 1. The Labute approximate surface area is 173 Å². The third kappa shape index (κ3) is 4.11. The van der Waals surface area contributed by atoms with Gasteiger partial charge in [-0.3, -0.25) is 14.6 Å². The van der Waals surface area contributed by atoms with Gasteiger partial charge in [0.15, 0.2) is 0 Å². The number of carbonyl (C=O) groups excluding carboxylic acids is 2. The first-order chi connectivity index (χ1) is 14.0. The first kappa shape index (κ1) is 20.8. The fraction of sp³-hybridized carbons (Fsp3) is 0.286. The molecular weight excluding hydrogens is 396 g/mol. The van der Waals surface area contributed by atoms with Crippen molar-refractivity contribution in [3.63, 3.8) is 0 Å². The van der Waals surface area contributed by atoms with Gasteiger partial charge in [-0.2, -0.15) is 0 Å². The van der Waals surface area contributed by atoms with Gasteiger partial charge in [0.25, 0.3) is 11.7 Å². The van der Waals surface area contributed by atoms with Crippen LogP contribution in [0.2, 0.25) is 5.02 Å². The molecule has 8 heteroatoms. The van der Waals surface area contributed by atoms with E-state index in [-0.39, 0.29) is 16.4 Å². The maximum absolute atomic E-state index is 12.8. The summed E-state index contributed by atoms with van der Waals surface area (Å²) in [6, 6.07) is 9.08. The summed E-state index contributed by atoms with van der Waals surface area (Å²) in [5.74, 6) is -1.32. The van der Waals surface area contributed by atoms with E-state index in [1.54, 1.807) is 43.6 Å². The number of nitrogens with zero attached hydrogens (tertiary/aromatic N) is 2. The number of halogens is 1. The fourth-order valence-electron chi connectivity index (χ4n) is 3.30. The van der Waals surface area contributed by atoms with E-state index in [2.05, 4.69) is 4.98 Å². The largest absolute Gasteiger partial charge is 0.507 e. The number of hydrogen-bond donors (Lipinski definition) is 1. The van der Waals surface area contributed by atoms with Crippen LogP contribution in [0.1, 0.15) is 23.7 Å². The zero-order chi connectivity index (χ0) is 21.0. The molecule has 29 heavy (non-hydrogen) atoms. The molecule has 7 nitrogen and oxygen atoms in total. The van der Waals surface area contributed by atoms with Gasteiger partial charge in [-0.1, -0.05) is 17.7 Å². The molecule has 3 rings (SSSR count). The Balaban J connectivity index is 2.11. The Morgan fingerprint density at radius 2 is 2.03 bits per heavy atom. The van der Waals surface area contributed by atoms with Gasteiger partial charge < -0.3 is 19.5 Å². The SMILES string of the molecule is COCCCN1C(=O)C(=O)/C(=C(\O)c2ccc(OC)c(Cl)c2)C1c1ccccn1. The number of ketones is 1. The number of amides is 1. The smallest absolute Gasteiger partial charge is 0.295 e. The van der Waals surface area contributed by atoms with Gasteiger partial charge in [0, 0.05) is 32.0 Å². The standard InChI is InChI=1S/C21H21ClN2O5/c1-28-11-5-10-24-18(15-6-3-4-9-23-15)17(20(26)21(24)27)19(25)13-7-8-16(29-2)14(22)12-13/h3-4,6-9,12,18,25H,5,10-11H2,1-2H3/b19-17-. The molecule has 0 bridgehead atoms. The minimum absolute atomic E-state index is 0.0210. The molecule has 1 amide bonds. The first-order valence-corrected chi connectivity index (χ1v) is 9.39. The van der Waals surface area contributed by atoms with Crippen molar-refractivity contribution in [1.29, 1.82) is 0 Å². The van der Waals surface area contributed by atoms with Gasteiger partial charge in [0.2, 0.25) is 0 Å². The normalized spacial score (nSPS) is 18.3. The van der Waals surface area contributed by atoms with Crippen LogP contribution >= 0.6 is 11.6 Å². The van der Waals surface area contributed by atoms with Gasteiger partial charge in [-0.25, -0.2) is 0 Å². The summed E-state index contributed by atoms with van der Waals surface area (Å²) >= 11 is 6.16. The van der Waals surface area contributed by atoms with Gasteiger partial charge in [0.05, 0.1) is 23.4 Å². The third-order valence-corrected chi connectivity index (χ3v) is 4.98. The summed E-state index contributed by atoms with van der Waals surface area (Å²) in [6.07, 6.45) is 2.12. The quantitative estimate of drug-likeness (QED) is 0.322. The third-order valence-electron chi connectivity index (χ3n) is 4.68.